The van der Waals surface area contributed by atoms with Crippen LogP contribution >= 0.6 is 0 Å². The largest absolute Gasteiger partial charge is 0.508 e. The average Bonchev–Trinajstić information content (AvgIpc) is 2.83. The molecule has 12 heteroatoms. The zero-order valence-corrected chi connectivity index (χ0v) is 18.6. The molecule has 0 saturated carbocycles. The van der Waals surface area contributed by atoms with Gasteiger partial charge >= 0.3 is 0 Å². The Kier molecular flexibility index (Phi) is 6.74. The molecule has 1 aliphatic rings. The highest BCUT2D eigenvalue weighted by Crippen LogP contribution is 2.42. The molecule has 6 N–H and O–H groups in total. The van der Waals surface area contributed by atoms with Crippen LogP contribution in [0.2, 0.25) is 0 Å². The molecular formula is C23H24O12. The Balaban J connectivity index is 1.82. The van der Waals surface area contributed by atoms with Crippen LogP contribution in [0.25, 0.3) is 22.1 Å². The lowest BCUT2D eigenvalue weighted by Crippen LogP contribution is -2.60. The van der Waals surface area contributed by atoms with Gasteiger partial charge in [0.05, 0.1) is 26.4 Å². The van der Waals surface area contributed by atoms with Crippen LogP contribution in [0.1, 0.15) is 0 Å². The summed E-state index contributed by atoms with van der Waals surface area (Å²) in [7, 11) is 2.67. The van der Waals surface area contributed by atoms with Gasteiger partial charge in [0.2, 0.25) is 17.5 Å². The first kappa shape index (κ1) is 24.6. The van der Waals surface area contributed by atoms with Gasteiger partial charge in [0.15, 0.2) is 11.5 Å². The molecule has 1 fully saturated rings. The summed E-state index contributed by atoms with van der Waals surface area (Å²) in [4.78, 5) is 13.2. The van der Waals surface area contributed by atoms with E-state index in [0.717, 1.165) is 12.3 Å². The second-order valence-corrected chi connectivity index (χ2v) is 7.84. The van der Waals surface area contributed by atoms with Crippen molar-refractivity contribution in [3.63, 3.8) is 0 Å². The van der Waals surface area contributed by atoms with Crippen molar-refractivity contribution in [1.29, 1.82) is 0 Å². The van der Waals surface area contributed by atoms with E-state index in [1.165, 1.54) is 32.4 Å². The minimum Gasteiger partial charge on any atom is -0.508 e. The highest BCUT2D eigenvalue weighted by Gasteiger charge is 2.45. The molecule has 0 radical (unpaired) electrons. The number of aliphatic hydroxyl groups excluding tert-OH is 4. The summed E-state index contributed by atoms with van der Waals surface area (Å²) >= 11 is 0. The van der Waals surface area contributed by atoms with Gasteiger partial charge in [-0.1, -0.05) is 0 Å². The molecule has 1 saturated heterocycles. The van der Waals surface area contributed by atoms with Crippen molar-refractivity contribution in [2.24, 2.45) is 0 Å². The van der Waals surface area contributed by atoms with E-state index in [4.69, 9.17) is 23.4 Å². The Morgan fingerprint density at radius 2 is 1.66 bits per heavy atom. The number of rotatable bonds is 6. The van der Waals surface area contributed by atoms with E-state index in [1.54, 1.807) is 0 Å². The molecule has 1 aliphatic heterocycles. The second-order valence-electron chi connectivity index (χ2n) is 7.84. The normalized spacial score (nSPS) is 24.3. The first-order chi connectivity index (χ1) is 16.7. The third kappa shape index (κ3) is 4.33. The Hall–Kier alpha value is -3.55. The van der Waals surface area contributed by atoms with Crippen LogP contribution < -0.4 is 19.6 Å². The summed E-state index contributed by atoms with van der Waals surface area (Å²) < 4.78 is 27.3. The van der Waals surface area contributed by atoms with Crippen molar-refractivity contribution in [1.82, 2.24) is 0 Å². The fraction of sp³-hybridized carbons (Fsp3) is 0.348. The summed E-state index contributed by atoms with van der Waals surface area (Å²) in [5.74, 6) is -0.646. The number of fused-ring (bicyclic) bond motifs is 1. The molecule has 0 unspecified atom stereocenters. The van der Waals surface area contributed by atoms with Gasteiger partial charge in [0.25, 0.3) is 0 Å². The number of aromatic hydroxyl groups is 2. The van der Waals surface area contributed by atoms with Gasteiger partial charge in [-0.05, 0) is 17.7 Å². The number of hydrogen-bond donors (Lipinski definition) is 6. The third-order valence-electron chi connectivity index (χ3n) is 5.69. The Bertz CT molecular complexity index is 1280. The number of hydrogen-bond acceptors (Lipinski definition) is 12. The lowest BCUT2D eigenvalue weighted by molar-refractivity contribution is -0.277. The standard InChI is InChI=1S/C23H24O12/c1-31-14-3-9(11-8-33-13-6-10(25)5-12(26)17(13)18(11)27)4-15(22(14)32-2)34-23-21(30)20(29)19(28)16(7-24)35-23/h3-6,8,16,19-21,23-26,28-30H,7H2,1-2H3/t16-,19-,20+,21-,23-/m1/s1. The maximum atomic E-state index is 13.2. The zero-order chi connectivity index (χ0) is 25.4. The number of phenolic OH excluding ortho intramolecular Hbond substituents is 2. The molecule has 4 rings (SSSR count). The van der Waals surface area contributed by atoms with Gasteiger partial charge in [-0.15, -0.1) is 0 Å². The smallest absolute Gasteiger partial charge is 0.229 e. The summed E-state index contributed by atoms with van der Waals surface area (Å²) in [6.45, 7) is -0.650. The Morgan fingerprint density at radius 1 is 0.943 bits per heavy atom. The molecule has 1 aromatic heterocycles. The van der Waals surface area contributed by atoms with Crippen molar-refractivity contribution < 1.29 is 54.0 Å². The van der Waals surface area contributed by atoms with Crippen LogP contribution in [0.3, 0.4) is 0 Å². The summed E-state index contributed by atoms with van der Waals surface area (Å²) in [5, 5.41) is 59.5. The first-order valence-electron chi connectivity index (χ1n) is 10.4. The average molecular weight is 492 g/mol. The molecule has 3 aromatic rings. The van der Waals surface area contributed by atoms with Gasteiger partial charge in [-0.25, -0.2) is 0 Å². The molecule has 0 aliphatic carbocycles. The van der Waals surface area contributed by atoms with Crippen molar-refractivity contribution in [3.8, 4) is 39.9 Å². The Morgan fingerprint density at radius 3 is 2.31 bits per heavy atom. The lowest BCUT2D eigenvalue weighted by atomic mass is 9.99. The topological polar surface area (TPSA) is 189 Å². The van der Waals surface area contributed by atoms with Crippen LogP contribution in [0, 0.1) is 0 Å². The molecule has 2 heterocycles. The predicted octanol–water partition coefficient (Wildman–Crippen LogP) is 0.0671. The van der Waals surface area contributed by atoms with Gasteiger partial charge in [0, 0.05) is 12.1 Å². The molecule has 0 amide bonds. The number of aliphatic hydroxyl groups is 4. The molecule has 0 spiro atoms. The van der Waals surface area contributed by atoms with Crippen molar-refractivity contribution in [2.75, 3.05) is 20.8 Å². The van der Waals surface area contributed by atoms with Gasteiger partial charge < -0.3 is 54.0 Å². The number of phenols is 2. The maximum Gasteiger partial charge on any atom is 0.229 e. The molecule has 35 heavy (non-hydrogen) atoms. The minimum atomic E-state index is -1.69. The van der Waals surface area contributed by atoms with Gasteiger partial charge in [-0.3, -0.25) is 4.79 Å². The Labute approximate surface area is 197 Å². The fourth-order valence-electron chi connectivity index (χ4n) is 3.88. The quantitative estimate of drug-likeness (QED) is 0.272. The fourth-order valence-corrected chi connectivity index (χ4v) is 3.88. The SMILES string of the molecule is COc1cc(-c2coc3cc(O)cc(O)c3c2=O)cc(O[C@@H]2O[C@H](CO)[C@@H](O)[C@H](O)[C@H]2O)c1OC. The zero-order valence-electron chi connectivity index (χ0n) is 18.6. The summed E-state index contributed by atoms with van der Waals surface area (Å²) in [6.07, 6.45) is -6.55. The van der Waals surface area contributed by atoms with E-state index in [0.29, 0.717) is 0 Å². The van der Waals surface area contributed by atoms with E-state index in [1.807, 2.05) is 0 Å². The molecule has 188 valence electrons. The van der Waals surface area contributed by atoms with Crippen LogP contribution in [0.5, 0.6) is 28.7 Å². The van der Waals surface area contributed by atoms with Crippen LogP contribution in [-0.4, -0.2) is 82.2 Å². The third-order valence-corrected chi connectivity index (χ3v) is 5.69. The van der Waals surface area contributed by atoms with Crippen molar-refractivity contribution in [3.05, 3.63) is 40.8 Å². The molecular weight excluding hydrogens is 468 g/mol. The molecule has 2 aromatic carbocycles. The van der Waals surface area contributed by atoms with Crippen LogP contribution in [0.4, 0.5) is 0 Å². The first-order valence-corrected chi connectivity index (χ1v) is 10.4. The monoisotopic (exact) mass is 492 g/mol. The highest BCUT2D eigenvalue weighted by molar-refractivity contribution is 5.88. The van der Waals surface area contributed by atoms with E-state index in [2.05, 4.69) is 0 Å². The van der Waals surface area contributed by atoms with Gasteiger partial charge in [-0.2, -0.15) is 0 Å². The second kappa shape index (κ2) is 9.60. The number of methoxy groups -OCH3 is 2. The lowest BCUT2D eigenvalue weighted by Gasteiger charge is -2.39. The van der Waals surface area contributed by atoms with Crippen molar-refractivity contribution >= 4 is 11.0 Å². The highest BCUT2D eigenvalue weighted by atomic mass is 16.7. The molecule has 12 nitrogen and oxygen atoms in total. The summed E-state index contributed by atoms with van der Waals surface area (Å²) in [5.41, 5.74) is -0.437. The molecule has 5 atom stereocenters. The predicted molar refractivity (Wildman–Crippen MR) is 119 cm³/mol. The minimum absolute atomic E-state index is 0.00176. The number of ether oxygens (including phenoxy) is 4. The van der Waals surface area contributed by atoms with Crippen molar-refractivity contribution in [2.45, 2.75) is 30.7 Å². The van der Waals surface area contributed by atoms with Crippen LogP contribution in [-0.2, 0) is 4.74 Å². The van der Waals surface area contributed by atoms with Gasteiger partial charge in [0.1, 0.15) is 53.1 Å². The van der Waals surface area contributed by atoms with E-state index >= 15 is 0 Å². The van der Waals surface area contributed by atoms with E-state index in [9.17, 15) is 35.4 Å². The summed E-state index contributed by atoms with van der Waals surface area (Å²) in [6, 6.07) is 5.00. The van der Waals surface area contributed by atoms with E-state index < -0.39 is 48.5 Å². The van der Waals surface area contributed by atoms with Crippen LogP contribution in [0.15, 0.2) is 39.7 Å². The van der Waals surface area contributed by atoms with E-state index in [-0.39, 0.29) is 45.1 Å². The molecule has 0 bridgehead atoms. The maximum absolute atomic E-state index is 13.2. The number of benzene rings is 2.